The standard InChI is InChI=1S/C38H25B/c39-27-20-18-24(19-21-27)28-22-23-33-36-29(28)16-9-17-32(36)37-34(25-10-3-1-4-11-25)30-14-7-8-15-31(30)35(38(33)37)26-12-5-2-6-13-26/h1-23H,39H2. The van der Waals surface area contributed by atoms with Crippen LogP contribution >= 0.6 is 0 Å². The summed E-state index contributed by atoms with van der Waals surface area (Å²) in [7, 11) is 2.15. The van der Waals surface area contributed by atoms with E-state index in [0.29, 0.717) is 0 Å². The van der Waals surface area contributed by atoms with Crippen LogP contribution in [0, 0.1) is 0 Å². The van der Waals surface area contributed by atoms with Gasteiger partial charge in [-0.2, -0.15) is 0 Å². The largest absolute Gasteiger partial charge is 0.139 e. The zero-order valence-corrected chi connectivity index (χ0v) is 21.8. The third kappa shape index (κ3) is 3.27. The first kappa shape index (κ1) is 22.1. The first-order valence-electron chi connectivity index (χ1n) is 13.6. The maximum absolute atomic E-state index is 2.36. The second-order valence-corrected chi connectivity index (χ2v) is 10.5. The molecule has 8 rings (SSSR count). The molecule has 1 aliphatic rings. The summed E-state index contributed by atoms with van der Waals surface area (Å²) in [6, 6.07) is 51.3. The lowest BCUT2D eigenvalue weighted by Crippen LogP contribution is -1.99. The lowest BCUT2D eigenvalue weighted by Gasteiger charge is -2.20. The van der Waals surface area contributed by atoms with Crippen molar-refractivity contribution in [1.29, 1.82) is 0 Å². The Bertz CT molecular complexity index is 1940. The summed E-state index contributed by atoms with van der Waals surface area (Å²) in [5, 5.41) is 5.26. The van der Waals surface area contributed by atoms with Gasteiger partial charge in [0, 0.05) is 0 Å². The van der Waals surface area contributed by atoms with E-state index < -0.39 is 0 Å². The Balaban J connectivity index is 1.57. The van der Waals surface area contributed by atoms with Crippen molar-refractivity contribution in [2.24, 2.45) is 0 Å². The van der Waals surface area contributed by atoms with Crippen LogP contribution in [0.1, 0.15) is 0 Å². The van der Waals surface area contributed by atoms with Crippen LogP contribution in [0.2, 0.25) is 0 Å². The van der Waals surface area contributed by atoms with E-state index in [1.54, 1.807) is 0 Å². The molecule has 0 aliphatic heterocycles. The Labute approximate surface area is 229 Å². The van der Waals surface area contributed by atoms with Gasteiger partial charge in [0.2, 0.25) is 0 Å². The van der Waals surface area contributed by atoms with Crippen LogP contribution in [-0.4, -0.2) is 7.85 Å². The molecule has 0 nitrogen and oxygen atoms in total. The van der Waals surface area contributed by atoms with Gasteiger partial charge in [-0.1, -0.05) is 145 Å². The van der Waals surface area contributed by atoms with Crippen molar-refractivity contribution in [1.82, 2.24) is 0 Å². The molecular weight excluding hydrogens is 467 g/mol. The molecule has 0 heterocycles. The summed E-state index contributed by atoms with van der Waals surface area (Å²) in [6.07, 6.45) is 0. The predicted octanol–water partition coefficient (Wildman–Crippen LogP) is 8.90. The molecule has 180 valence electrons. The van der Waals surface area contributed by atoms with Crippen molar-refractivity contribution >= 4 is 34.9 Å². The van der Waals surface area contributed by atoms with Gasteiger partial charge in [-0.15, -0.1) is 0 Å². The summed E-state index contributed by atoms with van der Waals surface area (Å²) in [4.78, 5) is 0. The van der Waals surface area contributed by atoms with Gasteiger partial charge < -0.3 is 0 Å². The molecule has 0 spiro atoms. The normalized spacial score (nSPS) is 11.7. The molecule has 0 atom stereocenters. The quantitative estimate of drug-likeness (QED) is 0.216. The first-order chi connectivity index (χ1) is 19.3. The Morgan fingerprint density at radius 3 is 1.38 bits per heavy atom. The number of benzene rings is 7. The lowest BCUT2D eigenvalue weighted by atomic mass is 9.82. The van der Waals surface area contributed by atoms with Gasteiger partial charge in [0.05, 0.1) is 0 Å². The van der Waals surface area contributed by atoms with Gasteiger partial charge in [0.1, 0.15) is 7.85 Å². The highest BCUT2D eigenvalue weighted by molar-refractivity contribution is 6.32. The van der Waals surface area contributed by atoms with Gasteiger partial charge in [-0.3, -0.25) is 0 Å². The maximum atomic E-state index is 2.36. The van der Waals surface area contributed by atoms with E-state index in [9.17, 15) is 0 Å². The molecule has 0 N–H and O–H groups in total. The number of hydrogen-bond acceptors (Lipinski definition) is 0. The van der Waals surface area contributed by atoms with E-state index in [2.05, 4.69) is 147 Å². The smallest absolute Gasteiger partial charge is 0.0889 e. The zero-order chi connectivity index (χ0) is 25.9. The first-order valence-corrected chi connectivity index (χ1v) is 13.6. The van der Waals surface area contributed by atoms with E-state index in [1.807, 2.05) is 0 Å². The van der Waals surface area contributed by atoms with E-state index in [-0.39, 0.29) is 0 Å². The predicted molar refractivity (Wildman–Crippen MR) is 170 cm³/mol. The molecule has 0 aromatic heterocycles. The molecule has 0 saturated carbocycles. The molecule has 0 unspecified atom stereocenters. The molecule has 0 fully saturated rings. The number of rotatable bonds is 3. The van der Waals surface area contributed by atoms with Crippen molar-refractivity contribution in [3.63, 3.8) is 0 Å². The highest BCUT2D eigenvalue weighted by atomic mass is 14.3. The van der Waals surface area contributed by atoms with Crippen LogP contribution in [0.3, 0.4) is 0 Å². The van der Waals surface area contributed by atoms with Crippen LogP contribution in [-0.2, 0) is 0 Å². The summed E-state index contributed by atoms with van der Waals surface area (Å²) >= 11 is 0. The van der Waals surface area contributed by atoms with Gasteiger partial charge in [-0.05, 0) is 77.2 Å². The fourth-order valence-electron chi connectivity index (χ4n) is 6.59. The molecule has 7 aromatic rings. The van der Waals surface area contributed by atoms with Crippen molar-refractivity contribution in [3.05, 3.63) is 140 Å². The summed E-state index contributed by atoms with van der Waals surface area (Å²) in [5.74, 6) is 0. The van der Waals surface area contributed by atoms with Crippen LogP contribution in [0.5, 0.6) is 0 Å². The van der Waals surface area contributed by atoms with Gasteiger partial charge in [0.15, 0.2) is 0 Å². The van der Waals surface area contributed by atoms with Crippen molar-refractivity contribution in [3.8, 4) is 55.6 Å². The zero-order valence-electron chi connectivity index (χ0n) is 21.8. The van der Waals surface area contributed by atoms with Crippen LogP contribution in [0.25, 0.3) is 77.2 Å². The van der Waals surface area contributed by atoms with Gasteiger partial charge >= 0.3 is 0 Å². The average Bonchev–Trinajstić information content (AvgIpc) is 3.32. The third-order valence-electron chi connectivity index (χ3n) is 8.28. The SMILES string of the molecule is Bc1ccc(-c2ccc3c4c(cccc24)-c2c-3c(-c3ccccc3)c3ccccc3c2-c2ccccc2)cc1. The van der Waals surface area contributed by atoms with Crippen molar-refractivity contribution in [2.45, 2.75) is 0 Å². The highest BCUT2D eigenvalue weighted by Crippen LogP contribution is 2.58. The van der Waals surface area contributed by atoms with Crippen molar-refractivity contribution in [2.75, 3.05) is 0 Å². The fourth-order valence-corrected chi connectivity index (χ4v) is 6.59. The molecule has 0 radical (unpaired) electrons. The van der Waals surface area contributed by atoms with Crippen LogP contribution in [0.4, 0.5) is 0 Å². The van der Waals surface area contributed by atoms with Gasteiger partial charge in [-0.25, -0.2) is 0 Å². The topological polar surface area (TPSA) is 0 Å². The van der Waals surface area contributed by atoms with Crippen molar-refractivity contribution < 1.29 is 0 Å². The molecular formula is C38H25B. The number of fused-ring (bicyclic) bond motifs is 4. The van der Waals surface area contributed by atoms with E-state index >= 15 is 0 Å². The second kappa shape index (κ2) is 8.58. The van der Waals surface area contributed by atoms with E-state index in [1.165, 1.54) is 82.6 Å². The Kier molecular flexibility index (Phi) is 4.87. The molecule has 39 heavy (non-hydrogen) atoms. The Morgan fingerprint density at radius 2 is 0.795 bits per heavy atom. The van der Waals surface area contributed by atoms with E-state index in [4.69, 9.17) is 0 Å². The molecule has 1 heteroatoms. The van der Waals surface area contributed by atoms with Crippen LogP contribution < -0.4 is 5.46 Å². The molecule has 0 bridgehead atoms. The fraction of sp³-hybridized carbons (Fsp3) is 0. The summed E-state index contributed by atoms with van der Waals surface area (Å²) in [5.41, 5.74) is 14.3. The Morgan fingerprint density at radius 1 is 0.308 bits per heavy atom. The van der Waals surface area contributed by atoms with E-state index in [0.717, 1.165) is 0 Å². The van der Waals surface area contributed by atoms with Gasteiger partial charge in [0.25, 0.3) is 0 Å². The average molecular weight is 492 g/mol. The number of hydrogen-bond donors (Lipinski definition) is 0. The lowest BCUT2D eigenvalue weighted by molar-refractivity contribution is 1.62. The molecule has 0 amide bonds. The summed E-state index contributed by atoms with van der Waals surface area (Å²) in [6.45, 7) is 0. The minimum atomic E-state index is 1.26. The van der Waals surface area contributed by atoms with Crippen LogP contribution in [0.15, 0.2) is 140 Å². The Hall–Kier alpha value is -4.88. The molecule has 0 saturated heterocycles. The minimum Gasteiger partial charge on any atom is -0.0889 e. The minimum absolute atomic E-state index is 1.26. The highest BCUT2D eigenvalue weighted by Gasteiger charge is 2.30. The molecule has 7 aromatic carbocycles. The third-order valence-corrected chi connectivity index (χ3v) is 8.28. The summed E-state index contributed by atoms with van der Waals surface area (Å²) < 4.78 is 0. The monoisotopic (exact) mass is 492 g/mol. The molecule has 1 aliphatic carbocycles. The second-order valence-electron chi connectivity index (χ2n) is 10.5. The maximum Gasteiger partial charge on any atom is 0.139 e.